The molecule has 0 amide bonds. The van der Waals surface area contributed by atoms with Gasteiger partial charge in [-0.15, -0.1) is 0 Å². The van der Waals surface area contributed by atoms with E-state index < -0.39 is 11.6 Å². The third-order valence-corrected chi connectivity index (χ3v) is 2.78. The molecule has 2 nitrogen and oxygen atoms in total. The Hall–Kier alpha value is -1.62. The molecule has 0 heterocycles. The summed E-state index contributed by atoms with van der Waals surface area (Å²) in [6.07, 6.45) is 0. The van der Waals surface area contributed by atoms with Crippen LogP contribution in [0.4, 0.5) is 25.8 Å². The first-order chi connectivity index (χ1) is 8.06. The highest BCUT2D eigenvalue weighted by Crippen LogP contribution is 2.26. The maximum absolute atomic E-state index is 13.5. The summed E-state index contributed by atoms with van der Waals surface area (Å²) in [5.41, 5.74) is 6.81. The quantitative estimate of drug-likeness (QED) is 0.648. The molecular weight excluding hydrogens is 290 g/mol. The van der Waals surface area contributed by atoms with Gasteiger partial charge in [0.05, 0.1) is 10.2 Å². The van der Waals surface area contributed by atoms with E-state index in [1.807, 2.05) is 0 Å². The molecule has 0 spiro atoms. The number of benzene rings is 2. The maximum atomic E-state index is 13.5. The van der Waals surface area contributed by atoms with Gasteiger partial charge in [-0.2, -0.15) is 0 Å². The van der Waals surface area contributed by atoms with Crippen LogP contribution in [0.2, 0.25) is 0 Å². The lowest BCUT2D eigenvalue weighted by Gasteiger charge is -2.09. The third kappa shape index (κ3) is 2.74. The summed E-state index contributed by atoms with van der Waals surface area (Å²) >= 11 is 2.91. The van der Waals surface area contributed by atoms with Gasteiger partial charge in [-0.05, 0) is 40.2 Å². The van der Waals surface area contributed by atoms with E-state index >= 15 is 0 Å². The van der Waals surface area contributed by atoms with Crippen LogP contribution in [0.5, 0.6) is 0 Å². The van der Waals surface area contributed by atoms with Crippen LogP contribution in [-0.2, 0) is 0 Å². The van der Waals surface area contributed by atoms with Crippen LogP contribution in [0, 0.1) is 11.6 Å². The molecule has 2 aromatic carbocycles. The number of anilines is 3. The van der Waals surface area contributed by atoms with Crippen molar-refractivity contribution in [3.63, 3.8) is 0 Å². The molecule has 2 rings (SSSR count). The van der Waals surface area contributed by atoms with Crippen LogP contribution in [0.15, 0.2) is 40.9 Å². The Balaban J connectivity index is 2.33. The average molecular weight is 299 g/mol. The Labute approximate surface area is 106 Å². The minimum absolute atomic E-state index is 0.0660. The molecule has 2 aromatic rings. The first-order valence-corrected chi connectivity index (χ1v) is 5.62. The van der Waals surface area contributed by atoms with Crippen molar-refractivity contribution < 1.29 is 8.78 Å². The lowest BCUT2D eigenvalue weighted by molar-refractivity contribution is 0.598. The lowest BCUT2D eigenvalue weighted by Crippen LogP contribution is -1.96. The van der Waals surface area contributed by atoms with Crippen molar-refractivity contribution in [1.29, 1.82) is 0 Å². The molecule has 0 atom stereocenters. The van der Waals surface area contributed by atoms with E-state index in [0.717, 1.165) is 12.1 Å². The molecule has 17 heavy (non-hydrogen) atoms. The summed E-state index contributed by atoms with van der Waals surface area (Å²) in [6, 6.07) is 8.95. The summed E-state index contributed by atoms with van der Waals surface area (Å²) in [5, 5.41) is 2.77. The highest BCUT2D eigenvalue weighted by atomic mass is 79.9. The van der Waals surface area contributed by atoms with E-state index in [-0.39, 0.29) is 10.2 Å². The summed E-state index contributed by atoms with van der Waals surface area (Å²) in [7, 11) is 0. The fraction of sp³-hybridized carbons (Fsp3) is 0. The van der Waals surface area contributed by atoms with Crippen LogP contribution in [0.1, 0.15) is 0 Å². The van der Waals surface area contributed by atoms with Gasteiger partial charge in [-0.1, -0.05) is 6.07 Å². The monoisotopic (exact) mass is 298 g/mol. The van der Waals surface area contributed by atoms with Gasteiger partial charge in [0.25, 0.3) is 0 Å². The maximum Gasteiger partial charge on any atom is 0.147 e. The Morgan fingerprint density at radius 1 is 1.06 bits per heavy atom. The molecule has 0 saturated carbocycles. The van der Waals surface area contributed by atoms with Crippen molar-refractivity contribution in [2.24, 2.45) is 0 Å². The second-order valence-corrected chi connectivity index (χ2v) is 4.35. The average Bonchev–Trinajstić information content (AvgIpc) is 2.26. The topological polar surface area (TPSA) is 38.0 Å². The standard InChI is InChI=1S/C12H9BrF2N2/c13-9-5-11(15)12(6-10(9)14)17-8-3-1-2-7(16)4-8/h1-6,17H,16H2. The predicted molar refractivity (Wildman–Crippen MR) is 68.2 cm³/mol. The van der Waals surface area contributed by atoms with Gasteiger partial charge >= 0.3 is 0 Å². The van der Waals surface area contributed by atoms with Gasteiger partial charge < -0.3 is 11.1 Å². The first kappa shape index (κ1) is 11.9. The van der Waals surface area contributed by atoms with Crippen LogP contribution in [0.3, 0.4) is 0 Å². The summed E-state index contributed by atoms with van der Waals surface area (Å²) in [4.78, 5) is 0. The van der Waals surface area contributed by atoms with Crippen LogP contribution in [0.25, 0.3) is 0 Å². The number of nitrogens with two attached hydrogens (primary N) is 1. The van der Waals surface area contributed by atoms with E-state index in [4.69, 9.17) is 5.73 Å². The van der Waals surface area contributed by atoms with Crippen LogP contribution in [-0.4, -0.2) is 0 Å². The van der Waals surface area contributed by atoms with Crippen LogP contribution < -0.4 is 11.1 Å². The molecule has 0 fully saturated rings. The Morgan fingerprint density at radius 3 is 2.53 bits per heavy atom. The number of nitrogens with one attached hydrogen (secondary N) is 1. The molecular formula is C12H9BrF2N2. The Bertz CT molecular complexity index is 558. The summed E-state index contributed by atoms with van der Waals surface area (Å²) < 4.78 is 26.9. The molecule has 0 aromatic heterocycles. The molecule has 0 unspecified atom stereocenters. The van der Waals surface area contributed by atoms with Crippen molar-refractivity contribution >= 4 is 33.0 Å². The SMILES string of the molecule is Nc1cccc(Nc2cc(F)c(Br)cc2F)c1. The van der Waals surface area contributed by atoms with Crippen molar-refractivity contribution in [2.75, 3.05) is 11.1 Å². The van der Waals surface area contributed by atoms with Crippen LogP contribution >= 0.6 is 15.9 Å². The zero-order chi connectivity index (χ0) is 12.4. The molecule has 88 valence electrons. The normalized spacial score (nSPS) is 10.3. The lowest BCUT2D eigenvalue weighted by atomic mass is 10.2. The third-order valence-electron chi connectivity index (χ3n) is 2.18. The number of rotatable bonds is 2. The van der Waals surface area contributed by atoms with Crippen molar-refractivity contribution in [1.82, 2.24) is 0 Å². The predicted octanol–water partition coefficient (Wildman–Crippen LogP) is 4.05. The van der Waals surface area contributed by atoms with Gasteiger partial charge in [0.2, 0.25) is 0 Å². The molecule has 0 aliphatic rings. The number of hydrogen-bond acceptors (Lipinski definition) is 2. The molecule has 0 bridgehead atoms. The molecule has 0 radical (unpaired) electrons. The van der Waals surface area contributed by atoms with Crippen molar-refractivity contribution in [2.45, 2.75) is 0 Å². The summed E-state index contributed by atoms with van der Waals surface area (Å²) in [5.74, 6) is -1.07. The smallest absolute Gasteiger partial charge is 0.147 e. The number of hydrogen-bond donors (Lipinski definition) is 2. The first-order valence-electron chi connectivity index (χ1n) is 4.83. The Kier molecular flexibility index (Phi) is 3.28. The van der Waals surface area contributed by atoms with E-state index in [9.17, 15) is 8.78 Å². The van der Waals surface area contributed by atoms with Gasteiger partial charge in [-0.3, -0.25) is 0 Å². The van der Waals surface area contributed by atoms with Crippen molar-refractivity contribution in [3.05, 3.63) is 52.5 Å². The Morgan fingerprint density at radius 2 is 1.82 bits per heavy atom. The van der Waals surface area contributed by atoms with E-state index in [1.165, 1.54) is 0 Å². The van der Waals surface area contributed by atoms with E-state index in [2.05, 4.69) is 21.2 Å². The minimum Gasteiger partial charge on any atom is -0.399 e. The largest absolute Gasteiger partial charge is 0.399 e. The number of nitrogen functional groups attached to an aromatic ring is 1. The van der Waals surface area contributed by atoms with E-state index in [0.29, 0.717) is 11.4 Å². The zero-order valence-electron chi connectivity index (χ0n) is 8.68. The van der Waals surface area contributed by atoms with Crippen molar-refractivity contribution in [3.8, 4) is 0 Å². The molecule has 3 N–H and O–H groups in total. The second kappa shape index (κ2) is 4.71. The summed E-state index contributed by atoms with van der Waals surface area (Å²) in [6.45, 7) is 0. The molecule has 0 saturated heterocycles. The highest BCUT2D eigenvalue weighted by molar-refractivity contribution is 9.10. The van der Waals surface area contributed by atoms with E-state index in [1.54, 1.807) is 24.3 Å². The van der Waals surface area contributed by atoms with Gasteiger partial charge in [-0.25, -0.2) is 8.78 Å². The number of halogens is 3. The van der Waals surface area contributed by atoms with Gasteiger partial charge in [0, 0.05) is 17.4 Å². The second-order valence-electron chi connectivity index (χ2n) is 3.50. The fourth-order valence-corrected chi connectivity index (χ4v) is 1.71. The molecule has 0 aliphatic heterocycles. The highest BCUT2D eigenvalue weighted by Gasteiger charge is 2.08. The fourth-order valence-electron chi connectivity index (χ4n) is 1.39. The zero-order valence-corrected chi connectivity index (χ0v) is 10.3. The molecule has 5 heteroatoms. The van der Waals surface area contributed by atoms with Gasteiger partial charge in [0.1, 0.15) is 11.6 Å². The van der Waals surface area contributed by atoms with Gasteiger partial charge in [0.15, 0.2) is 0 Å². The minimum atomic E-state index is -0.541. The molecule has 0 aliphatic carbocycles.